The largest absolute Gasteiger partial charge is 0.439 e. The predicted molar refractivity (Wildman–Crippen MR) is 140 cm³/mol. The van der Waals surface area contributed by atoms with Gasteiger partial charge in [0.15, 0.2) is 0 Å². The summed E-state index contributed by atoms with van der Waals surface area (Å²) in [7, 11) is 0. The van der Waals surface area contributed by atoms with Gasteiger partial charge in [0.2, 0.25) is 5.88 Å². The molecule has 2 heterocycles. The molecule has 1 aliphatic rings. The van der Waals surface area contributed by atoms with Crippen LogP contribution in [0.25, 0.3) is 5.69 Å². The quantitative estimate of drug-likeness (QED) is 0.276. The second kappa shape index (κ2) is 11.4. The Labute approximate surface area is 216 Å². The Morgan fingerprint density at radius 2 is 1.76 bits per heavy atom. The molecule has 3 aromatic carbocycles. The third-order valence-corrected chi connectivity index (χ3v) is 6.49. The number of halogens is 1. The maximum Gasteiger partial charge on any atom is 0.254 e. The minimum absolute atomic E-state index is 0.0443. The van der Waals surface area contributed by atoms with Gasteiger partial charge in [-0.15, -0.1) is 0 Å². The van der Waals surface area contributed by atoms with Crippen LogP contribution >= 0.6 is 0 Å². The summed E-state index contributed by atoms with van der Waals surface area (Å²) in [6.07, 6.45) is 2.48. The van der Waals surface area contributed by atoms with Crippen LogP contribution in [0.15, 0.2) is 84.9 Å². The van der Waals surface area contributed by atoms with Gasteiger partial charge in [0.1, 0.15) is 11.6 Å². The Hall–Kier alpha value is -3.97. The summed E-state index contributed by atoms with van der Waals surface area (Å²) in [5, 5.41) is 4.90. The van der Waals surface area contributed by atoms with E-state index in [0.29, 0.717) is 36.8 Å². The van der Waals surface area contributed by atoms with E-state index in [1.54, 1.807) is 9.58 Å². The maximum absolute atomic E-state index is 13.7. The van der Waals surface area contributed by atoms with Gasteiger partial charge in [0.25, 0.3) is 5.91 Å². The number of aryl methyl sites for hydroxylation is 1. The van der Waals surface area contributed by atoms with Crippen LogP contribution in [0.3, 0.4) is 0 Å². The summed E-state index contributed by atoms with van der Waals surface area (Å²) in [5.41, 5.74) is 2.98. The van der Waals surface area contributed by atoms with Crippen LogP contribution in [-0.2, 0) is 17.7 Å². The lowest BCUT2D eigenvalue weighted by molar-refractivity contribution is 0.0505. The van der Waals surface area contributed by atoms with E-state index in [4.69, 9.17) is 14.6 Å². The number of carbonyl (C=O) groups excluding carboxylic acids is 1. The molecule has 37 heavy (non-hydrogen) atoms. The van der Waals surface area contributed by atoms with Crippen LogP contribution in [0.5, 0.6) is 11.6 Å². The first kappa shape index (κ1) is 24.7. The van der Waals surface area contributed by atoms with Crippen LogP contribution in [0.2, 0.25) is 0 Å². The van der Waals surface area contributed by atoms with Crippen molar-refractivity contribution in [1.82, 2.24) is 14.7 Å². The van der Waals surface area contributed by atoms with Crippen molar-refractivity contribution in [3.63, 3.8) is 0 Å². The van der Waals surface area contributed by atoms with Crippen molar-refractivity contribution in [1.29, 1.82) is 0 Å². The van der Waals surface area contributed by atoms with Crippen LogP contribution in [-0.4, -0.2) is 39.8 Å². The first-order valence-corrected chi connectivity index (χ1v) is 12.7. The molecule has 1 amide bonds. The number of rotatable bonds is 9. The lowest BCUT2D eigenvalue weighted by Crippen LogP contribution is -2.37. The molecule has 190 valence electrons. The monoisotopic (exact) mass is 499 g/mol. The second-order valence-electron chi connectivity index (χ2n) is 9.07. The molecule has 0 saturated carbocycles. The molecular formula is C30H30FN3O3. The van der Waals surface area contributed by atoms with Crippen LogP contribution in [0.4, 0.5) is 4.39 Å². The molecule has 4 aromatic rings. The van der Waals surface area contributed by atoms with E-state index >= 15 is 0 Å². The molecule has 1 saturated heterocycles. The first-order chi connectivity index (χ1) is 18.1. The highest BCUT2D eigenvalue weighted by molar-refractivity contribution is 5.94. The summed E-state index contributed by atoms with van der Waals surface area (Å²) >= 11 is 0. The average Bonchev–Trinajstić information content (AvgIpc) is 3.57. The third-order valence-electron chi connectivity index (χ3n) is 6.49. The normalized spacial score (nSPS) is 15.0. The molecule has 1 atom stereocenters. The average molecular weight is 500 g/mol. The Morgan fingerprint density at radius 3 is 2.41 bits per heavy atom. The number of hydrogen-bond acceptors (Lipinski definition) is 4. The number of ether oxygens (including phenoxy) is 2. The molecule has 1 aromatic heterocycles. The third kappa shape index (κ3) is 5.73. The van der Waals surface area contributed by atoms with E-state index < -0.39 is 0 Å². The van der Waals surface area contributed by atoms with Gasteiger partial charge in [-0.3, -0.25) is 4.79 Å². The van der Waals surface area contributed by atoms with Gasteiger partial charge < -0.3 is 14.4 Å². The molecule has 0 N–H and O–H groups in total. The van der Waals surface area contributed by atoms with Gasteiger partial charge >= 0.3 is 0 Å². The number of para-hydroxylation sites is 2. The van der Waals surface area contributed by atoms with Crippen molar-refractivity contribution in [2.24, 2.45) is 0 Å². The lowest BCUT2D eigenvalue weighted by Gasteiger charge is -2.26. The fourth-order valence-corrected chi connectivity index (χ4v) is 4.59. The zero-order chi connectivity index (χ0) is 25.6. The summed E-state index contributed by atoms with van der Waals surface area (Å²) < 4.78 is 27.7. The maximum atomic E-state index is 13.7. The summed E-state index contributed by atoms with van der Waals surface area (Å²) in [6.45, 7) is 3.45. The molecule has 1 fully saturated rings. The van der Waals surface area contributed by atoms with Crippen molar-refractivity contribution in [2.45, 2.75) is 38.8 Å². The molecule has 1 unspecified atom stereocenters. The van der Waals surface area contributed by atoms with Gasteiger partial charge in [-0.1, -0.05) is 43.3 Å². The van der Waals surface area contributed by atoms with Gasteiger partial charge in [0.05, 0.1) is 29.6 Å². The van der Waals surface area contributed by atoms with E-state index in [-0.39, 0.29) is 24.4 Å². The van der Waals surface area contributed by atoms with Crippen molar-refractivity contribution in [3.8, 4) is 17.3 Å². The zero-order valence-electron chi connectivity index (χ0n) is 20.8. The smallest absolute Gasteiger partial charge is 0.254 e. The van der Waals surface area contributed by atoms with Crippen molar-refractivity contribution in [2.75, 3.05) is 13.2 Å². The number of carbonyl (C=O) groups is 1. The first-order valence-electron chi connectivity index (χ1n) is 12.7. The van der Waals surface area contributed by atoms with Crippen LogP contribution in [0, 0.1) is 5.82 Å². The number of aromatic nitrogens is 2. The van der Waals surface area contributed by atoms with Gasteiger partial charge in [0, 0.05) is 18.7 Å². The van der Waals surface area contributed by atoms with E-state index in [9.17, 15) is 9.18 Å². The Kier molecular flexibility index (Phi) is 7.61. The van der Waals surface area contributed by atoms with E-state index in [1.807, 2.05) is 67.6 Å². The van der Waals surface area contributed by atoms with E-state index in [2.05, 4.69) is 0 Å². The van der Waals surface area contributed by atoms with Crippen LogP contribution in [0.1, 0.15) is 41.4 Å². The highest BCUT2D eigenvalue weighted by atomic mass is 19.1. The molecule has 5 rings (SSSR count). The summed E-state index contributed by atoms with van der Waals surface area (Å²) in [6, 6.07) is 25.0. The van der Waals surface area contributed by atoms with Gasteiger partial charge in [-0.05, 0) is 67.8 Å². The highest BCUT2D eigenvalue weighted by Crippen LogP contribution is 2.33. The number of benzene rings is 3. The van der Waals surface area contributed by atoms with Crippen molar-refractivity contribution >= 4 is 5.91 Å². The molecular weight excluding hydrogens is 469 g/mol. The standard InChI is InChI=1S/C30H30FN3O3/c1-2-28-27(21-33(20-26-14-9-19-36-26)29(35)22-15-17-23(31)18-16-22)30(37-25-12-7-4-8-13-25)34(32-28)24-10-5-3-6-11-24/h3-8,10-13,15-18,26H,2,9,14,19-21H2,1H3. The van der Waals surface area contributed by atoms with Gasteiger partial charge in [-0.25, -0.2) is 9.07 Å². The zero-order valence-corrected chi connectivity index (χ0v) is 20.8. The number of nitrogens with zero attached hydrogens (tertiary/aromatic N) is 3. The Morgan fingerprint density at radius 1 is 1.05 bits per heavy atom. The topological polar surface area (TPSA) is 56.6 Å². The molecule has 0 aliphatic carbocycles. The second-order valence-corrected chi connectivity index (χ2v) is 9.07. The molecule has 6 nitrogen and oxygen atoms in total. The van der Waals surface area contributed by atoms with E-state index in [0.717, 1.165) is 29.8 Å². The minimum atomic E-state index is -0.377. The van der Waals surface area contributed by atoms with Gasteiger partial charge in [-0.2, -0.15) is 5.10 Å². The number of hydrogen-bond donors (Lipinski definition) is 0. The van der Waals surface area contributed by atoms with E-state index in [1.165, 1.54) is 24.3 Å². The summed E-state index contributed by atoms with van der Waals surface area (Å²) in [4.78, 5) is 15.4. The lowest BCUT2D eigenvalue weighted by atomic mass is 10.1. The van der Waals surface area contributed by atoms with Crippen LogP contribution < -0.4 is 4.74 Å². The fourth-order valence-electron chi connectivity index (χ4n) is 4.59. The summed E-state index contributed by atoms with van der Waals surface area (Å²) in [5.74, 6) is 0.686. The highest BCUT2D eigenvalue weighted by Gasteiger charge is 2.28. The molecule has 0 spiro atoms. The Bertz CT molecular complexity index is 1320. The minimum Gasteiger partial charge on any atom is -0.439 e. The van der Waals surface area contributed by atoms with Crippen molar-refractivity contribution < 1.29 is 18.7 Å². The predicted octanol–water partition coefficient (Wildman–Crippen LogP) is 6.19. The molecule has 7 heteroatoms. The SMILES string of the molecule is CCc1nn(-c2ccccc2)c(Oc2ccccc2)c1CN(CC1CCCO1)C(=O)c1ccc(F)cc1. The molecule has 1 aliphatic heterocycles. The fraction of sp³-hybridized carbons (Fsp3) is 0.267. The Balaban J connectivity index is 1.56. The molecule has 0 radical (unpaired) electrons. The van der Waals surface area contributed by atoms with Crippen molar-refractivity contribution in [3.05, 3.63) is 108 Å². The molecule has 0 bridgehead atoms. The number of amides is 1.